The van der Waals surface area contributed by atoms with Crippen LogP contribution in [-0.4, -0.2) is 86.7 Å². The first-order valence-corrected chi connectivity index (χ1v) is 14.6. The Morgan fingerprint density at radius 2 is 1.97 bits per heavy atom. The van der Waals surface area contributed by atoms with Crippen LogP contribution in [0.5, 0.6) is 5.75 Å². The highest BCUT2D eigenvalue weighted by Gasteiger charge is 2.38. The molecule has 4 aliphatic rings. The van der Waals surface area contributed by atoms with Gasteiger partial charge in [-0.1, -0.05) is 12.6 Å². The second kappa shape index (κ2) is 9.72. The zero-order valence-corrected chi connectivity index (χ0v) is 22.3. The van der Waals surface area contributed by atoms with Gasteiger partial charge in [0.05, 0.1) is 11.3 Å². The number of amides is 1. The maximum Gasteiger partial charge on any atom is 0.246 e. The minimum atomic E-state index is -0.752. The molecule has 3 saturated heterocycles. The summed E-state index contributed by atoms with van der Waals surface area (Å²) in [5, 5.41) is 3.57. The van der Waals surface area contributed by atoms with Gasteiger partial charge in [0, 0.05) is 73.5 Å². The van der Waals surface area contributed by atoms with Crippen LogP contribution in [0, 0.1) is 6.92 Å². The van der Waals surface area contributed by atoms with Gasteiger partial charge >= 0.3 is 0 Å². The topological polar surface area (TPSA) is 90.9 Å². The molecule has 1 aromatic carbocycles. The lowest BCUT2D eigenvalue weighted by atomic mass is 9.88. The number of rotatable bonds is 4. The van der Waals surface area contributed by atoms with Gasteiger partial charge in [-0.2, -0.15) is 0 Å². The maximum atomic E-state index is 12.0. The summed E-state index contributed by atoms with van der Waals surface area (Å²) in [7, 11) is -0.752. The van der Waals surface area contributed by atoms with E-state index < -0.39 is 10.8 Å². The molecule has 0 spiro atoms. The van der Waals surface area contributed by atoms with Crippen molar-refractivity contribution in [1.29, 1.82) is 0 Å². The largest absolute Gasteiger partial charge is 0.483 e. The Balaban J connectivity index is 1.21. The van der Waals surface area contributed by atoms with Gasteiger partial charge < -0.3 is 19.9 Å². The van der Waals surface area contributed by atoms with E-state index in [2.05, 4.69) is 50.7 Å². The van der Waals surface area contributed by atoms with E-state index >= 15 is 0 Å². The van der Waals surface area contributed by atoms with E-state index in [1.165, 1.54) is 11.6 Å². The summed E-state index contributed by atoms with van der Waals surface area (Å²) in [4.78, 5) is 27.8. The van der Waals surface area contributed by atoms with Crippen LogP contribution in [0.1, 0.15) is 42.1 Å². The molecule has 6 rings (SSSR count). The Bertz CT molecular complexity index is 1250. The number of carbonyl (C=O) groups excluding carboxylic acids is 1. The fourth-order valence-electron chi connectivity index (χ4n) is 6.00. The Morgan fingerprint density at radius 1 is 1.19 bits per heavy atom. The number of nitrogens with one attached hydrogen (secondary N) is 1. The first kappa shape index (κ1) is 24.4. The molecule has 2 atom stereocenters. The number of fused-ring (bicyclic) bond motifs is 2. The van der Waals surface area contributed by atoms with E-state index in [1.54, 1.807) is 6.33 Å². The van der Waals surface area contributed by atoms with Crippen molar-refractivity contribution in [3.05, 3.63) is 47.8 Å². The molecule has 2 aromatic rings. The normalized spacial score (nSPS) is 24.4. The Kier molecular flexibility index (Phi) is 6.40. The van der Waals surface area contributed by atoms with Crippen molar-refractivity contribution in [3.8, 4) is 5.75 Å². The monoisotopic (exact) mass is 522 g/mol. The molecule has 1 unspecified atom stereocenters. The highest BCUT2D eigenvalue weighted by Crippen LogP contribution is 2.45. The zero-order valence-electron chi connectivity index (χ0n) is 21.5. The lowest BCUT2D eigenvalue weighted by Crippen LogP contribution is -2.51. The van der Waals surface area contributed by atoms with Crippen LogP contribution in [0.2, 0.25) is 0 Å². The summed E-state index contributed by atoms with van der Waals surface area (Å²) >= 11 is 0. The molecule has 1 aromatic heterocycles. The second-order valence-electron chi connectivity index (χ2n) is 10.5. The number of ether oxygens (including phenoxy) is 1. The van der Waals surface area contributed by atoms with Gasteiger partial charge in [-0.15, -0.1) is 0 Å². The van der Waals surface area contributed by atoms with Gasteiger partial charge in [0.2, 0.25) is 5.91 Å². The number of benzene rings is 1. The molecule has 37 heavy (non-hydrogen) atoms. The molecule has 0 radical (unpaired) electrons. The predicted molar refractivity (Wildman–Crippen MR) is 145 cm³/mol. The summed E-state index contributed by atoms with van der Waals surface area (Å²) in [6.07, 6.45) is 3.82. The van der Waals surface area contributed by atoms with Crippen molar-refractivity contribution < 1.29 is 13.7 Å². The molecule has 5 heterocycles. The number of carbonyl (C=O) groups is 1. The third-order valence-corrected chi connectivity index (χ3v) is 9.41. The van der Waals surface area contributed by atoms with Crippen LogP contribution >= 0.6 is 0 Å². The molecule has 0 saturated carbocycles. The van der Waals surface area contributed by atoms with Crippen molar-refractivity contribution in [3.63, 3.8) is 0 Å². The van der Waals surface area contributed by atoms with Crippen LogP contribution in [0.15, 0.2) is 31.1 Å². The molecule has 1 amide bonds. The number of hydrogen-bond acceptors (Lipinski definition) is 8. The molecule has 9 nitrogen and oxygen atoms in total. The van der Waals surface area contributed by atoms with Crippen LogP contribution in [-0.2, 0) is 15.6 Å². The van der Waals surface area contributed by atoms with E-state index in [1.807, 2.05) is 11.8 Å². The molecule has 0 aliphatic carbocycles. The van der Waals surface area contributed by atoms with Crippen LogP contribution < -0.4 is 15.0 Å². The van der Waals surface area contributed by atoms with Crippen molar-refractivity contribution in [2.24, 2.45) is 0 Å². The summed E-state index contributed by atoms with van der Waals surface area (Å²) in [5.74, 6) is 4.28. The lowest BCUT2D eigenvalue weighted by molar-refractivity contribution is -0.125. The van der Waals surface area contributed by atoms with Gasteiger partial charge in [-0.05, 0) is 43.5 Å². The fraction of sp³-hybridized carbons (Fsp3) is 0.519. The first-order chi connectivity index (χ1) is 17.9. The Morgan fingerprint density at radius 3 is 2.73 bits per heavy atom. The molecule has 196 valence electrons. The van der Waals surface area contributed by atoms with Crippen LogP contribution in [0.25, 0.3) is 0 Å². The van der Waals surface area contributed by atoms with E-state index in [0.717, 1.165) is 79.9 Å². The van der Waals surface area contributed by atoms with Crippen molar-refractivity contribution in [2.75, 3.05) is 61.0 Å². The smallest absolute Gasteiger partial charge is 0.246 e. The summed E-state index contributed by atoms with van der Waals surface area (Å²) < 4.78 is 18.4. The third-order valence-electron chi connectivity index (χ3n) is 8.14. The molecule has 4 aliphatic heterocycles. The Labute approximate surface area is 220 Å². The number of aryl methyl sites for hydroxylation is 1. The number of nitrogens with zero attached hydrogens (tertiary/aromatic N) is 5. The standard InChI is InChI=1S/C27H34N6O3S/c1-4-23(34)32-6-5-21(15-32)33-13-20(14-33)19-11-17(2)25-22(12-19)30-26-24(18(3)36-25)27(29-16-28-26)31-7-9-37(35)10-8-31/h4,11-12,16,18,20-21H,1,5-10,13-15H2,2-3H3,(H,28,29,30)/t18-,21?/m1/s1. The summed E-state index contributed by atoms with van der Waals surface area (Å²) in [5.41, 5.74) is 4.28. The van der Waals surface area contributed by atoms with Gasteiger partial charge in [0.1, 0.15) is 29.8 Å². The van der Waals surface area contributed by atoms with E-state index in [4.69, 9.17) is 4.74 Å². The first-order valence-electron chi connectivity index (χ1n) is 13.1. The van der Waals surface area contributed by atoms with E-state index in [0.29, 0.717) is 23.5 Å². The molecule has 10 heteroatoms. The minimum Gasteiger partial charge on any atom is -0.483 e. The van der Waals surface area contributed by atoms with Crippen LogP contribution in [0.4, 0.5) is 17.3 Å². The highest BCUT2D eigenvalue weighted by molar-refractivity contribution is 7.85. The van der Waals surface area contributed by atoms with Gasteiger partial charge in [0.15, 0.2) is 0 Å². The maximum absolute atomic E-state index is 12.0. The van der Waals surface area contributed by atoms with E-state index in [-0.39, 0.29) is 12.0 Å². The number of anilines is 3. The second-order valence-corrected chi connectivity index (χ2v) is 12.2. The molecule has 3 fully saturated rings. The summed E-state index contributed by atoms with van der Waals surface area (Å²) in [6.45, 7) is 12.8. The third kappa shape index (κ3) is 4.50. The Hall–Kier alpha value is -2.98. The highest BCUT2D eigenvalue weighted by atomic mass is 32.2. The van der Waals surface area contributed by atoms with Crippen molar-refractivity contribution >= 4 is 34.0 Å². The predicted octanol–water partition coefficient (Wildman–Crippen LogP) is 2.74. The van der Waals surface area contributed by atoms with Gasteiger partial charge in [-0.25, -0.2) is 9.97 Å². The van der Waals surface area contributed by atoms with Gasteiger partial charge in [0.25, 0.3) is 0 Å². The lowest BCUT2D eigenvalue weighted by Gasteiger charge is -2.43. The molecule has 1 N–H and O–H groups in total. The molecule has 0 bridgehead atoms. The average Bonchev–Trinajstić information content (AvgIpc) is 3.29. The fourth-order valence-corrected chi connectivity index (χ4v) is 7.05. The zero-order chi connectivity index (χ0) is 25.7. The SMILES string of the molecule is C=CC(=O)N1CCC(N2CC(c3cc(C)c4c(c3)Nc3ncnc(N5CCS(=O)CC5)c3[C@@H](C)O4)C2)C1. The molecular formula is C27H34N6O3S. The number of likely N-dealkylation sites (tertiary alicyclic amines) is 2. The minimum absolute atomic E-state index is 0.0313. The van der Waals surface area contributed by atoms with Crippen molar-refractivity contribution in [2.45, 2.75) is 38.3 Å². The van der Waals surface area contributed by atoms with Crippen molar-refractivity contribution in [1.82, 2.24) is 19.8 Å². The summed E-state index contributed by atoms with van der Waals surface area (Å²) in [6, 6.07) is 4.89. The van der Waals surface area contributed by atoms with Crippen LogP contribution in [0.3, 0.4) is 0 Å². The average molecular weight is 523 g/mol. The molecular weight excluding hydrogens is 488 g/mol. The van der Waals surface area contributed by atoms with E-state index in [9.17, 15) is 9.00 Å². The number of aromatic nitrogens is 2. The quantitative estimate of drug-likeness (QED) is 0.613. The number of hydrogen-bond donors (Lipinski definition) is 1. The van der Waals surface area contributed by atoms with Gasteiger partial charge in [-0.3, -0.25) is 13.9 Å².